The lowest BCUT2D eigenvalue weighted by molar-refractivity contribution is 0.477. The van der Waals surface area contributed by atoms with Gasteiger partial charge < -0.3 is 4.90 Å². The molecule has 3 aromatic heterocycles. The van der Waals surface area contributed by atoms with Gasteiger partial charge in [0.05, 0.1) is 18.3 Å². The first-order valence-electron chi connectivity index (χ1n) is 9.04. The Bertz CT molecular complexity index is 1010. The Balaban J connectivity index is 1.46. The average Bonchev–Trinajstić information content (AvgIpc) is 3.28. The Morgan fingerprint density at radius 3 is 3.19 bits per heavy atom. The SMILES string of the molecule is O=c1cc2c(nn1CC1CCCN1c1nnc3ccccn13)CCSC2. The zero-order chi connectivity index (χ0) is 17.5. The quantitative estimate of drug-likeness (QED) is 0.702. The Kier molecular flexibility index (Phi) is 3.92. The average molecular weight is 368 g/mol. The third kappa shape index (κ3) is 2.68. The molecule has 0 saturated carbocycles. The summed E-state index contributed by atoms with van der Waals surface area (Å²) in [7, 11) is 0. The lowest BCUT2D eigenvalue weighted by Crippen LogP contribution is -2.38. The smallest absolute Gasteiger partial charge is 0.267 e. The number of rotatable bonds is 3. The van der Waals surface area contributed by atoms with Gasteiger partial charge in [0.15, 0.2) is 5.65 Å². The molecule has 7 nitrogen and oxygen atoms in total. The third-order valence-electron chi connectivity index (χ3n) is 5.22. The number of hydrogen-bond acceptors (Lipinski definition) is 6. The van der Waals surface area contributed by atoms with Crippen molar-refractivity contribution >= 4 is 23.4 Å². The van der Waals surface area contributed by atoms with E-state index in [1.807, 2.05) is 40.6 Å². The van der Waals surface area contributed by atoms with Gasteiger partial charge in [-0.2, -0.15) is 16.9 Å². The Morgan fingerprint density at radius 1 is 1.27 bits per heavy atom. The molecule has 0 bridgehead atoms. The van der Waals surface area contributed by atoms with E-state index in [4.69, 9.17) is 0 Å². The van der Waals surface area contributed by atoms with Crippen molar-refractivity contribution in [2.75, 3.05) is 17.2 Å². The molecule has 2 aliphatic heterocycles. The molecule has 0 radical (unpaired) electrons. The van der Waals surface area contributed by atoms with Crippen LogP contribution < -0.4 is 10.5 Å². The maximum absolute atomic E-state index is 12.5. The zero-order valence-electron chi connectivity index (χ0n) is 14.4. The molecule has 2 aliphatic rings. The molecule has 5 rings (SSSR count). The molecule has 1 fully saturated rings. The third-order valence-corrected chi connectivity index (χ3v) is 6.23. The minimum atomic E-state index is 0.00389. The molecule has 3 aromatic rings. The molecule has 0 aromatic carbocycles. The van der Waals surface area contributed by atoms with Gasteiger partial charge in [-0.15, -0.1) is 10.2 Å². The van der Waals surface area contributed by atoms with Crippen molar-refractivity contribution in [3.05, 3.63) is 52.1 Å². The minimum absolute atomic E-state index is 0.00389. The molecular formula is C18H20N6OS. The molecule has 1 unspecified atom stereocenters. The number of fused-ring (bicyclic) bond motifs is 2. The molecule has 0 N–H and O–H groups in total. The van der Waals surface area contributed by atoms with E-state index in [0.29, 0.717) is 6.54 Å². The molecule has 0 aliphatic carbocycles. The topological polar surface area (TPSA) is 68.3 Å². The first kappa shape index (κ1) is 15.9. The number of aryl methyl sites for hydroxylation is 1. The maximum Gasteiger partial charge on any atom is 0.267 e. The van der Waals surface area contributed by atoms with Gasteiger partial charge >= 0.3 is 0 Å². The number of hydrogen-bond donors (Lipinski definition) is 0. The molecule has 134 valence electrons. The van der Waals surface area contributed by atoms with Gasteiger partial charge in [0.1, 0.15) is 0 Å². The van der Waals surface area contributed by atoms with E-state index >= 15 is 0 Å². The molecule has 5 heterocycles. The summed E-state index contributed by atoms with van der Waals surface area (Å²) in [6, 6.07) is 7.89. The lowest BCUT2D eigenvalue weighted by atomic mass is 10.2. The second-order valence-electron chi connectivity index (χ2n) is 6.86. The normalized spacial score (nSPS) is 19.8. The highest BCUT2D eigenvalue weighted by molar-refractivity contribution is 7.98. The second-order valence-corrected chi connectivity index (χ2v) is 7.96. The standard InChI is InChI=1S/C18H20N6OS/c25-17-10-13-12-26-9-6-15(13)21-24(17)11-14-4-3-8-22(14)18-20-19-16-5-1-2-7-23(16)18/h1-2,5,7,10,14H,3-4,6,8-9,11-12H2. The van der Waals surface area contributed by atoms with Crippen LogP contribution >= 0.6 is 11.8 Å². The van der Waals surface area contributed by atoms with Gasteiger partial charge in [0.25, 0.3) is 5.56 Å². The van der Waals surface area contributed by atoms with E-state index in [9.17, 15) is 4.79 Å². The number of pyridine rings is 1. The number of aromatic nitrogens is 5. The summed E-state index contributed by atoms with van der Waals surface area (Å²) in [6.07, 6.45) is 5.05. The Morgan fingerprint density at radius 2 is 2.23 bits per heavy atom. The summed E-state index contributed by atoms with van der Waals surface area (Å²) in [5.41, 5.74) is 3.04. The molecule has 26 heavy (non-hydrogen) atoms. The van der Waals surface area contributed by atoms with Crippen LogP contribution in [0, 0.1) is 0 Å². The summed E-state index contributed by atoms with van der Waals surface area (Å²) in [6.45, 7) is 1.53. The van der Waals surface area contributed by atoms with E-state index in [1.165, 1.54) is 0 Å². The fourth-order valence-corrected chi connectivity index (χ4v) is 4.85. The second kappa shape index (κ2) is 6.42. The van der Waals surface area contributed by atoms with Crippen molar-refractivity contribution in [1.82, 2.24) is 24.4 Å². The van der Waals surface area contributed by atoms with E-state index in [-0.39, 0.29) is 11.6 Å². The van der Waals surface area contributed by atoms with Crippen LogP contribution in [0.25, 0.3) is 5.65 Å². The molecular weight excluding hydrogens is 348 g/mol. The van der Waals surface area contributed by atoms with Crippen molar-refractivity contribution in [3.8, 4) is 0 Å². The number of anilines is 1. The van der Waals surface area contributed by atoms with Gasteiger partial charge in [0, 0.05) is 31.0 Å². The largest absolute Gasteiger partial charge is 0.336 e. The van der Waals surface area contributed by atoms with Crippen molar-refractivity contribution < 1.29 is 0 Å². The van der Waals surface area contributed by atoms with E-state index < -0.39 is 0 Å². The van der Waals surface area contributed by atoms with Gasteiger partial charge in [0.2, 0.25) is 5.95 Å². The Hall–Kier alpha value is -2.35. The highest BCUT2D eigenvalue weighted by Crippen LogP contribution is 2.26. The summed E-state index contributed by atoms with van der Waals surface area (Å²) < 4.78 is 3.67. The summed E-state index contributed by atoms with van der Waals surface area (Å²) >= 11 is 1.87. The van der Waals surface area contributed by atoms with Gasteiger partial charge in [-0.25, -0.2) is 4.68 Å². The highest BCUT2D eigenvalue weighted by atomic mass is 32.2. The monoisotopic (exact) mass is 368 g/mol. The molecule has 0 spiro atoms. The number of thioether (sulfide) groups is 1. The van der Waals surface area contributed by atoms with Gasteiger partial charge in [-0.1, -0.05) is 6.07 Å². The molecule has 1 saturated heterocycles. The molecule has 0 amide bonds. The van der Waals surface area contributed by atoms with Crippen LogP contribution in [0.2, 0.25) is 0 Å². The van der Waals surface area contributed by atoms with Crippen molar-refractivity contribution in [1.29, 1.82) is 0 Å². The Labute approximate surface area is 155 Å². The van der Waals surface area contributed by atoms with Crippen LogP contribution in [0.15, 0.2) is 35.3 Å². The van der Waals surface area contributed by atoms with E-state index in [2.05, 4.69) is 20.2 Å². The molecule has 8 heteroatoms. The van der Waals surface area contributed by atoms with Crippen molar-refractivity contribution in [3.63, 3.8) is 0 Å². The van der Waals surface area contributed by atoms with Gasteiger partial charge in [-0.3, -0.25) is 9.20 Å². The van der Waals surface area contributed by atoms with Crippen LogP contribution in [0.4, 0.5) is 5.95 Å². The lowest BCUT2D eigenvalue weighted by Gasteiger charge is -2.25. The van der Waals surface area contributed by atoms with Crippen LogP contribution in [0.5, 0.6) is 0 Å². The predicted octanol–water partition coefficient (Wildman–Crippen LogP) is 1.74. The maximum atomic E-state index is 12.5. The molecule has 1 atom stereocenters. The van der Waals surface area contributed by atoms with Crippen LogP contribution in [-0.4, -0.2) is 42.7 Å². The highest BCUT2D eigenvalue weighted by Gasteiger charge is 2.29. The van der Waals surface area contributed by atoms with Crippen LogP contribution in [-0.2, 0) is 18.7 Å². The van der Waals surface area contributed by atoms with Crippen LogP contribution in [0.3, 0.4) is 0 Å². The summed E-state index contributed by atoms with van der Waals surface area (Å²) in [5, 5.41) is 13.3. The fraction of sp³-hybridized carbons (Fsp3) is 0.444. The first-order valence-corrected chi connectivity index (χ1v) is 10.2. The van der Waals surface area contributed by atoms with Crippen LogP contribution in [0.1, 0.15) is 24.1 Å². The number of nitrogens with zero attached hydrogens (tertiary/aromatic N) is 6. The fourth-order valence-electron chi connectivity index (χ4n) is 3.90. The van der Waals surface area contributed by atoms with E-state index in [0.717, 1.165) is 60.2 Å². The van der Waals surface area contributed by atoms with Crippen molar-refractivity contribution in [2.45, 2.75) is 37.6 Å². The zero-order valence-corrected chi connectivity index (χ0v) is 15.2. The predicted molar refractivity (Wildman–Crippen MR) is 102 cm³/mol. The summed E-state index contributed by atoms with van der Waals surface area (Å²) in [4.78, 5) is 14.8. The summed E-state index contributed by atoms with van der Waals surface area (Å²) in [5.74, 6) is 2.84. The van der Waals surface area contributed by atoms with Crippen molar-refractivity contribution in [2.24, 2.45) is 0 Å². The minimum Gasteiger partial charge on any atom is -0.336 e. The first-order chi connectivity index (χ1) is 12.8. The van der Waals surface area contributed by atoms with E-state index in [1.54, 1.807) is 10.7 Å². The van der Waals surface area contributed by atoms with Gasteiger partial charge in [-0.05, 0) is 36.3 Å².